The van der Waals surface area contributed by atoms with Gasteiger partial charge >= 0.3 is 11.9 Å². The maximum absolute atomic E-state index is 11.6. The topological polar surface area (TPSA) is 82.1 Å². The van der Waals surface area contributed by atoms with Gasteiger partial charge < -0.3 is 19.3 Å². The second kappa shape index (κ2) is 15.8. The van der Waals surface area contributed by atoms with Crippen molar-refractivity contribution in [2.75, 3.05) is 13.2 Å². The lowest BCUT2D eigenvalue weighted by atomic mass is 10.0. The molecule has 0 aliphatic rings. The molecule has 1 atom stereocenters. The Balaban J connectivity index is 0.000000281. The Hall–Kier alpha value is -4.06. The van der Waals surface area contributed by atoms with Crippen molar-refractivity contribution in [1.29, 1.82) is 0 Å². The van der Waals surface area contributed by atoms with Crippen molar-refractivity contribution >= 4 is 18.0 Å². The summed E-state index contributed by atoms with van der Waals surface area (Å²) < 4.78 is 15.6. The summed E-state index contributed by atoms with van der Waals surface area (Å²) >= 11 is 0. The number of benzene rings is 3. The van der Waals surface area contributed by atoms with Gasteiger partial charge in [0.05, 0.1) is 19.1 Å². The lowest BCUT2D eigenvalue weighted by molar-refractivity contribution is -0.147. The van der Waals surface area contributed by atoms with E-state index in [4.69, 9.17) is 19.3 Å². The summed E-state index contributed by atoms with van der Waals surface area (Å²) in [7, 11) is 0. The van der Waals surface area contributed by atoms with E-state index < -0.39 is 0 Å². The molecule has 6 nitrogen and oxygen atoms in total. The molecule has 0 amide bonds. The van der Waals surface area contributed by atoms with E-state index in [1.165, 1.54) is 0 Å². The summed E-state index contributed by atoms with van der Waals surface area (Å²) in [6.45, 7) is 8.52. The van der Waals surface area contributed by atoms with Crippen molar-refractivity contribution in [3.63, 3.8) is 0 Å². The minimum Gasteiger partial charge on any atom is -0.508 e. The number of esters is 2. The van der Waals surface area contributed by atoms with Crippen molar-refractivity contribution in [3.05, 3.63) is 101 Å². The molecule has 0 bridgehead atoms. The highest BCUT2D eigenvalue weighted by Gasteiger charge is 2.14. The third kappa shape index (κ3) is 11.0. The first kappa shape index (κ1) is 29.2. The van der Waals surface area contributed by atoms with Gasteiger partial charge in [0.1, 0.15) is 18.1 Å². The molecular formula is C31H36O6. The second-order valence-corrected chi connectivity index (χ2v) is 8.41. The number of aromatic hydroxyl groups is 1. The smallest absolute Gasteiger partial charge is 0.333 e. The summed E-state index contributed by atoms with van der Waals surface area (Å²) in [6.07, 6.45) is 2.44. The lowest BCUT2D eigenvalue weighted by Crippen LogP contribution is -2.16. The number of hydrogen-bond acceptors (Lipinski definition) is 6. The van der Waals surface area contributed by atoms with Crippen molar-refractivity contribution in [2.24, 2.45) is 5.92 Å². The van der Waals surface area contributed by atoms with Gasteiger partial charge in [-0.3, -0.25) is 4.79 Å². The first-order valence-corrected chi connectivity index (χ1v) is 12.4. The first-order chi connectivity index (χ1) is 17.8. The Morgan fingerprint density at radius 2 is 1.46 bits per heavy atom. The van der Waals surface area contributed by atoms with Crippen molar-refractivity contribution in [1.82, 2.24) is 0 Å². The molecular weight excluding hydrogens is 468 g/mol. The zero-order chi connectivity index (χ0) is 27.0. The predicted molar refractivity (Wildman–Crippen MR) is 145 cm³/mol. The van der Waals surface area contributed by atoms with Crippen molar-refractivity contribution in [3.8, 4) is 11.5 Å². The van der Waals surface area contributed by atoms with E-state index in [0.717, 1.165) is 22.4 Å². The molecule has 0 saturated carbocycles. The predicted octanol–water partition coefficient (Wildman–Crippen LogP) is 6.37. The number of hydrogen-bond donors (Lipinski definition) is 1. The van der Waals surface area contributed by atoms with Crippen LogP contribution >= 0.6 is 0 Å². The zero-order valence-electron chi connectivity index (χ0n) is 22.0. The van der Waals surface area contributed by atoms with Crippen LogP contribution in [-0.4, -0.2) is 30.3 Å². The van der Waals surface area contributed by atoms with Gasteiger partial charge in [0.25, 0.3) is 0 Å². The third-order valence-electron chi connectivity index (χ3n) is 5.28. The Labute approximate surface area is 219 Å². The van der Waals surface area contributed by atoms with Crippen LogP contribution in [0.1, 0.15) is 44.4 Å². The standard InChI is InChI=1S/C19H20O3.C12H16O3/c1-3-21-19(20)15(2)13-16-9-11-18(12-10-16)22-14-17-7-5-4-6-8-17;1-3-15-12(14)9(2)8-10-4-6-11(13)7-5-10/h4-13H,3,14H2,1-2H3;4-7,9,13H,3,8H2,1-2H3/b15-13+;. The van der Waals surface area contributed by atoms with Crippen LogP contribution in [0.15, 0.2) is 84.4 Å². The normalized spacial score (nSPS) is 11.5. The summed E-state index contributed by atoms with van der Waals surface area (Å²) in [6, 6.07) is 24.5. The van der Waals surface area contributed by atoms with Crippen LogP contribution in [0.4, 0.5) is 0 Å². The Kier molecular flexibility index (Phi) is 12.5. The Bertz CT molecular complexity index is 1120. The van der Waals surface area contributed by atoms with Crippen LogP contribution in [0.5, 0.6) is 11.5 Å². The molecule has 0 heterocycles. The van der Waals surface area contributed by atoms with Crippen LogP contribution < -0.4 is 4.74 Å². The van der Waals surface area contributed by atoms with Gasteiger partial charge in [-0.05, 0) is 74.2 Å². The van der Waals surface area contributed by atoms with Crippen LogP contribution in [0, 0.1) is 5.92 Å². The maximum Gasteiger partial charge on any atom is 0.333 e. The quantitative estimate of drug-likeness (QED) is 0.255. The van der Waals surface area contributed by atoms with Crippen LogP contribution in [0.3, 0.4) is 0 Å². The molecule has 0 spiro atoms. The van der Waals surface area contributed by atoms with Crippen molar-refractivity contribution in [2.45, 2.75) is 40.7 Å². The van der Waals surface area contributed by atoms with Crippen LogP contribution in [-0.2, 0) is 32.1 Å². The van der Waals surface area contributed by atoms with Gasteiger partial charge in [0.15, 0.2) is 0 Å². The summed E-state index contributed by atoms with van der Waals surface area (Å²) in [5, 5.41) is 9.09. The number of carbonyl (C=O) groups excluding carboxylic acids is 2. The highest BCUT2D eigenvalue weighted by molar-refractivity contribution is 5.93. The molecule has 0 radical (unpaired) electrons. The van der Waals surface area contributed by atoms with Crippen LogP contribution in [0.2, 0.25) is 0 Å². The minimum absolute atomic E-state index is 0.144. The van der Waals surface area contributed by atoms with Gasteiger partial charge in [-0.2, -0.15) is 0 Å². The molecule has 3 rings (SSSR count). The number of ether oxygens (including phenoxy) is 3. The lowest BCUT2D eigenvalue weighted by Gasteiger charge is -2.10. The fourth-order valence-electron chi connectivity index (χ4n) is 3.31. The third-order valence-corrected chi connectivity index (χ3v) is 5.28. The minimum atomic E-state index is -0.285. The molecule has 196 valence electrons. The number of phenolic OH excluding ortho intramolecular Hbond substituents is 1. The molecule has 37 heavy (non-hydrogen) atoms. The van der Waals surface area contributed by atoms with Gasteiger partial charge in [0, 0.05) is 5.57 Å². The maximum atomic E-state index is 11.6. The van der Waals surface area contributed by atoms with E-state index in [-0.39, 0.29) is 23.6 Å². The first-order valence-electron chi connectivity index (χ1n) is 12.4. The zero-order valence-corrected chi connectivity index (χ0v) is 22.0. The largest absolute Gasteiger partial charge is 0.508 e. The van der Waals surface area contributed by atoms with E-state index in [9.17, 15) is 9.59 Å². The number of carbonyl (C=O) groups is 2. The Morgan fingerprint density at radius 1 is 0.838 bits per heavy atom. The highest BCUT2D eigenvalue weighted by atomic mass is 16.5. The molecule has 6 heteroatoms. The summed E-state index contributed by atoms with van der Waals surface area (Å²) in [5.74, 6) is 0.435. The van der Waals surface area contributed by atoms with Gasteiger partial charge in [-0.1, -0.05) is 61.5 Å². The molecule has 0 aromatic heterocycles. The molecule has 0 saturated heterocycles. The monoisotopic (exact) mass is 504 g/mol. The summed E-state index contributed by atoms with van der Waals surface area (Å²) in [5.41, 5.74) is 3.68. The second-order valence-electron chi connectivity index (χ2n) is 8.41. The molecule has 0 aliphatic heterocycles. The number of rotatable bonds is 10. The highest BCUT2D eigenvalue weighted by Crippen LogP contribution is 2.17. The fraction of sp³-hybridized carbons (Fsp3) is 0.290. The van der Waals surface area contributed by atoms with E-state index in [1.807, 2.05) is 73.7 Å². The van der Waals surface area contributed by atoms with Crippen LogP contribution in [0.25, 0.3) is 6.08 Å². The van der Waals surface area contributed by atoms with E-state index in [0.29, 0.717) is 31.8 Å². The molecule has 0 aliphatic carbocycles. The number of phenols is 1. The molecule has 3 aromatic rings. The van der Waals surface area contributed by atoms with E-state index >= 15 is 0 Å². The molecule has 1 N–H and O–H groups in total. The van der Waals surface area contributed by atoms with Crippen molar-refractivity contribution < 1.29 is 28.9 Å². The van der Waals surface area contributed by atoms with Gasteiger partial charge in [0.2, 0.25) is 0 Å². The average Bonchev–Trinajstić information content (AvgIpc) is 2.91. The van der Waals surface area contributed by atoms with Gasteiger partial charge in [-0.15, -0.1) is 0 Å². The van der Waals surface area contributed by atoms with E-state index in [1.54, 1.807) is 39.0 Å². The SMILES string of the molecule is CCOC(=O)/C(C)=C/c1ccc(OCc2ccccc2)cc1.CCOC(=O)C(C)Cc1ccc(O)cc1. The Morgan fingerprint density at radius 3 is 2.05 bits per heavy atom. The van der Waals surface area contributed by atoms with Gasteiger partial charge in [-0.25, -0.2) is 4.79 Å². The fourth-order valence-corrected chi connectivity index (χ4v) is 3.31. The average molecular weight is 505 g/mol. The molecule has 0 fully saturated rings. The molecule has 3 aromatic carbocycles. The summed E-state index contributed by atoms with van der Waals surface area (Å²) in [4.78, 5) is 22.9. The molecule has 1 unspecified atom stereocenters. The van der Waals surface area contributed by atoms with E-state index in [2.05, 4.69) is 0 Å².